The van der Waals surface area contributed by atoms with Crippen LogP contribution in [0.1, 0.15) is 15.9 Å². The van der Waals surface area contributed by atoms with E-state index in [0.29, 0.717) is 17.1 Å². The summed E-state index contributed by atoms with van der Waals surface area (Å²) in [4.78, 5) is 11.9. The molecule has 104 valence electrons. The van der Waals surface area contributed by atoms with Crippen molar-refractivity contribution < 1.29 is 9.53 Å². The zero-order chi connectivity index (χ0) is 14.4. The number of nitrogens with one attached hydrogen (secondary N) is 1. The second-order valence-electron chi connectivity index (χ2n) is 4.36. The first kappa shape index (κ1) is 14.4. The zero-order valence-electron chi connectivity index (χ0n) is 11.2. The predicted molar refractivity (Wildman–Crippen MR) is 80.5 cm³/mol. The quantitative estimate of drug-likeness (QED) is 0.917. The fourth-order valence-electron chi connectivity index (χ4n) is 1.84. The molecule has 20 heavy (non-hydrogen) atoms. The van der Waals surface area contributed by atoms with Gasteiger partial charge in [0.2, 0.25) is 0 Å². The van der Waals surface area contributed by atoms with E-state index in [1.165, 1.54) is 0 Å². The SMILES string of the molecule is COc1ccc(CCNC(=O)c2cccc(Cl)c2)cc1. The average molecular weight is 290 g/mol. The zero-order valence-corrected chi connectivity index (χ0v) is 12.0. The monoisotopic (exact) mass is 289 g/mol. The smallest absolute Gasteiger partial charge is 0.251 e. The van der Waals surface area contributed by atoms with Gasteiger partial charge in [-0.2, -0.15) is 0 Å². The minimum Gasteiger partial charge on any atom is -0.497 e. The van der Waals surface area contributed by atoms with Crippen LogP contribution < -0.4 is 10.1 Å². The van der Waals surface area contributed by atoms with Gasteiger partial charge in [0, 0.05) is 17.1 Å². The maximum Gasteiger partial charge on any atom is 0.251 e. The van der Waals surface area contributed by atoms with Gasteiger partial charge in [-0.05, 0) is 42.3 Å². The molecule has 4 heteroatoms. The number of rotatable bonds is 5. The van der Waals surface area contributed by atoms with Crippen LogP contribution in [0.15, 0.2) is 48.5 Å². The van der Waals surface area contributed by atoms with Gasteiger partial charge in [0.25, 0.3) is 5.91 Å². The largest absolute Gasteiger partial charge is 0.497 e. The Morgan fingerprint density at radius 3 is 2.60 bits per heavy atom. The molecule has 0 fully saturated rings. The summed E-state index contributed by atoms with van der Waals surface area (Å²) in [6.45, 7) is 0.581. The average Bonchev–Trinajstić information content (AvgIpc) is 2.48. The van der Waals surface area contributed by atoms with Crippen LogP contribution >= 0.6 is 11.6 Å². The van der Waals surface area contributed by atoms with Crippen LogP contribution in [-0.2, 0) is 6.42 Å². The summed E-state index contributed by atoms with van der Waals surface area (Å²) in [5.74, 6) is 0.720. The summed E-state index contributed by atoms with van der Waals surface area (Å²) < 4.78 is 5.10. The lowest BCUT2D eigenvalue weighted by Crippen LogP contribution is -2.25. The van der Waals surface area contributed by atoms with Gasteiger partial charge in [-0.1, -0.05) is 29.8 Å². The Labute approximate surface area is 123 Å². The molecule has 2 aromatic rings. The van der Waals surface area contributed by atoms with Crippen molar-refractivity contribution in [3.8, 4) is 5.75 Å². The Balaban J connectivity index is 1.84. The molecule has 2 aromatic carbocycles. The Hall–Kier alpha value is -2.00. The van der Waals surface area contributed by atoms with Crippen molar-refractivity contribution in [2.24, 2.45) is 0 Å². The number of carbonyl (C=O) groups is 1. The molecule has 0 bridgehead atoms. The normalized spacial score (nSPS) is 10.1. The van der Waals surface area contributed by atoms with Gasteiger partial charge < -0.3 is 10.1 Å². The summed E-state index contributed by atoms with van der Waals surface area (Å²) in [5.41, 5.74) is 1.73. The van der Waals surface area contributed by atoms with Crippen molar-refractivity contribution in [2.75, 3.05) is 13.7 Å². The fraction of sp³-hybridized carbons (Fsp3) is 0.188. The van der Waals surface area contributed by atoms with E-state index in [1.54, 1.807) is 31.4 Å². The van der Waals surface area contributed by atoms with E-state index >= 15 is 0 Å². The standard InChI is InChI=1S/C16H16ClNO2/c1-20-15-7-5-12(6-8-15)9-10-18-16(19)13-3-2-4-14(17)11-13/h2-8,11H,9-10H2,1H3,(H,18,19). The molecule has 0 aromatic heterocycles. The number of methoxy groups -OCH3 is 1. The van der Waals surface area contributed by atoms with Gasteiger partial charge in [0.1, 0.15) is 5.75 Å². The maximum atomic E-state index is 11.9. The van der Waals surface area contributed by atoms with Gasteiger partial charge in [-0.15, -0.1) is 0 Å². The first-order chi connectivity index (χ1) is 9.69. The fourth-order valence-corrected chi connectivity index (χ4v) is 2.03. The highest BCUT2D eigenvalue weighted by molar-refractivity contribution is 6.30. The summed E-state index contributed by atoms with van der Waals surface area (Å²) in [6.07, 6.45) is 0.774. The van der Waals surface area contributed by atoms with Gasteiger partial charge >= 0.3 is 0 Å². The van der Waals surface area contributed by atoms with E-state index in [9.17, 15) is 4.79 Å². The van der Waals surface area contributed by atoms with Gasteiger partial charge in [0.15, 0.2) is 0 Å². The topological polar surface area (TPSA) is 38.3 Å². The minimum absolute atomic E-state index is 0.110. The second kappa shape index (κ2) is 6.96. The van der Waals surface area contributed by atoms with Crippen LogP contribution in [0.5, 0.6) is 5.75 Å². The molecule has 0 radical (unpaired) electrons. The number of amides is 1. The van der Waals surface area contributed by atoms with E-state index in [2.05, 4.69) is 5.32 Å². The van der Waals surface area contributed by atoms with Crippen LogP contribution in [0.4, 0.5) is 0 Å². The Kier molecular flexibility index (Phi) is 5.02. The van der Waals surface area contributed by atoms with Gasteiger partial charge in [-0.3, -0.25) is 4.79 Å². The van der Waals surface area contributed by atoms with Crippen molar-refractivity contribution in [2.45, 2.75) is 6.42 Å². The molecule has 0 aliphatic rings. The highest BCUT2D eigenvalue weighted by Gasteiger charge is 2.05. The van der Waals surface area contributed by atoms with E-state index in [0.717, 1.165) is 17.7 Å². The molecule has 0 aliphatic heterocycles. The number of hydrogen-bond donors (Lipinski definition) is 1. The van der Waals surface area contributed by atoms with Crippen LogP contribution in [0.25, 0.3) is 0 Å². The van der Waals surface area contributed by atoms with Crippen LogP contribution in [0, 0.1) is 0 Å². The predicted octanol–water partition coefficient (Wildman–Crippen LogP) is 3.32. The minimum atomic E-state index is -0.110. The van der Waals surface area contributed by atoms with Gasteiger partial charge in [-0.25, -0.2) is 0 Å². The van der Waals surface area contributed by atoms with E-state index < -0.39 is 0 Å². The lowest BCUT2D eigenvalue weighted by atomic mass is 10.1. The molecular formula is C16H16ClNO2. The lowest BCUT2D eigenvalue weighted by molar-refractivity contribution is 0.0954. The van der Waals surface area contributed by atoms with Crippen molar-refractivity contribution >= 4 is 17.5 Å². The highest BCUT2D eigenvalue weighted by atomic mass is 35.5. The molecule has 0 saturated carbocycles. The van der Waals surface area contributed by atoms with E-state index in [4.69, 9.17) is 16.3 Å². The third-order valence-corrected chi connectivity index (χ3v) is 3.18. The number of benzene rings is 2. The third kappa shape index (κ3) is 4.00. The molecule has 0 saturated heterocycles. The first-order valence-electron chi connectivity index (χ1n) is 6.36. The number of halogens is 1. The first-order valence-corrected chi connectivity index (χ1v) is 6.73. The Morgan fingerprint density at radius 2 is 1.95 bits per heavy atom. The molecule has 0 atom stereocenters. The second-order valence-corrected chi connectivity index (χ2v) is 4.80. The van der Waals surface area contributed by atoms with Crippen LogP contribution in [-0.4, -0.2) is 19.6 Å². The molecular weight excluding hydrogens is 274 g/mol. The Bertz CT molecular complexity index is 581. The molecule has 1 amide bonds. The molecule has 0 spiro atoms. The number of ether oxygens (including phenoxy) is 1. The van der Waals surface area contributed by atoms with Crippen LogP contribution in [0.3, 0.4) is 0 Å². The number of carbonyl (C=O) groups excluding carboxylic acids is 1. The summed E-state index contributed by atoms with van der Waals surface area (Å²) >= 11 is 5.86. The van der Waals surface area contributed by atoms with Gasteiger partial charge in [0.05, 0.1) is 7.11 Å². The summed E-state index contributed by atoms with van der Waals surface area (Å²) in [6, 6.07) is 14.7. The van der Waals surface area contributed by atoms with E-state index in [-0.39, 0.29) is 5.91 Å². The molecule has 2 rings (SSSR count). The highest BCUT2D eigenvalue weighted by Crippen LogP contribution is 2.12. The number of hydrogen-bond acceptors (Lipinski definition) is 2. The molecule has 1 N–H and O–H groups in total. The van der Waals surface area contributed by atoms with Crippen molar-refractivity contribution in [1.82, 2.24) is 5.32 Å². The molecule has 0 aliphatic carbocycles. The molecule has 0 heterocycles. The van der Waals surface area contributed by atoms with Crippen molar-refractivity contribution in [1.29, 1.82) is 0 Å². The Morgan fingerprint density at radius 1 is 1.20 bits per heavy atom. The molecule has 3 nitrogen and oxygen atoms in total. The van der Waals surface area contributed by atoms with Crippen molar-refractivity contribution in [3.05, 3.63) is 64.7 Å². The lowest BCUT2D eigenvalue weighted by Gasteiger charge is -2.06. The van der Waals surface area contributed by atoms with E-state index in [1.807, 2.05) is 24.3 Å². The van der Waals surface area contributed by atoms with Crippen molar-refractivity contribution in [3.63, 3.8) is 0 Å². The molecule has 0 unspecified atom stereocenters. The summed E-state index contributed by atoms with van der Waals surface area (Å²) in [5, 5.41) is 3.44. The van der Waals surface area contributed by atoms with Crippen LogP contribution in [0.2, 0.25) is 5.02 Å². The maximum absolute atomic E-state index is 11.9. The summed E-state index contributed by atoms with van der Waals surface area (Å²) in [7, 11) is 1.64. The third-order valence-electron chi connectivity index (χ3n) is 2.95.